The fourth-order valence-corrected chi connectivity index (χ4v) is 1.47. The third kappa shape index (κ3) is 2.17. The molecular weight excluding hydrogens is 156 g/mol. The van der Waals surface area contributed by atoms with Crippen LogP contribution in [0.3, 0.4) is 0 Å². The van der Waals surface area contributed by atoms with Crippen LogP contribution < -0.4 is 11.5 Å². The standard InChI is InChI=1S/C8H18N2O2/c1-5-6(9)2-3-8(12-5)7(10)4-11/h5-8,11H,2-4,9-10H2,1H3/t5-,6-,7-,8+/m1/s1. The first-order valence-electron chi connectivity index (χ1n) is 4.42. The Balaban J connectivity index is 2.39. The summed E-state index contributed by atoms with van der Waals surface area (Å²) in [6.45, 7) is 1.92. The van der Waals surface area contributed by atoms with Gasteiger partial charge >= 0.3 is 0 Å². The lowest BCUT2D eigenvalue weighted by Crippen LogP contribution is -2.49. The van der Waals surface area contributed by atoms with Crippen molar-refractivity contribution in [1.82, 2.24) is 0 Å². The zero-order valence-corrected chi connectivity index (χ0v) is 7.44. The van der Waals surface area contributed by atoms with Gasteiger partial charge in [0.1, 0.15) is 0 Å². The highest BCUT2D eigenvalue weighted by atomic mass is 16.5. The molecule has 1 aliphatic heterocycles. The minimum atomic E-state index is -0.264. The van der Waals surface area contributed by atoms with Gasteiger partial charge in [0, 0.05) is 6.04 Å². The van der Waals surface area contributed by atoms with Crippen LogP contribution in [0.25, 0.3) is 0 Å². The topological polar surface area (TPSA) is 81.5 Å². The van der Waals surface area contributed by atoms with E-state index >= 15 is 0 Å². The van der Waals surface area contributed by atoms with Gasteiger partial charge in [0.05, 0.1) is 24.9 Å². The van der Waals surface area contributed by atoms with Crippen molar-refractivity contribution in [1.29, 1.82) is 0 Å². The first-order valence-corrected chi connectivity index (χ1v) is 4.42. The van der Waals surface area contributed by atoms with Gasteiger partial charge in [-0.1, -0.05) is 0 Å². The SMILES string of the molecule is C[C@H]1O[C@H]([C@H](N)CO)CC[C@H]1N. The molecule has 1 aliphatic rings. The predicted octanol–water partition coefficient (Wildman–Crippen LogP) is -0.799. The van der Waals surface area contributed by atoms with E-state index in [2.05, 4.69) is 0 Å². The second-order valence-electron chi connectivity index (χ2n) is 3.47. The molecule has 4 atom stereocenters. The van der Waals surface area contributed by atoms with E-state index in [1.165, 1.54) is 0 Å². The number of rotatable bonds is 2. The van der Waals surface area contributed by atoms with Crippen molar-refractivity contribution in [3.05, 3.63) is 0 Å². The zero-order chi connectivity index (χ0) is 9.14. The van der Waals surface area contributed by atoms with E-state index in [1.54, 1.807) is 0 Å². The summed E-state index contributed by atoms with van der Waals surface area (Å²) in [4.78, 5) is 0. The van der Waals surface area contributed by atoms with Crippen molar-refractivity contribution in [2.45, 2.75) is 44.1 Å². The van der Waals surface area contributed by atoms with Gasteiger partial charge in [-0.3, -0.25) is 0 Å². The molecule has 0 aliphatic carbocycles. The lowest BCUT2D eigenvalue weighted by Gasteiger charge is -2.34. The summed E-state index contributed by atoms with van der Waals surface area (Å²) in [6, 6.07) is -0.146. The normalized spacial score (nSPS) is 39.5. The summed E-state index contributed by atoms with van der Waals surface area (Å²) in [5, 5.41) is 8.80. The lowest BCUT2D eigenvalue weighted by molar-refractivity contribution is -0.0684. The van der Waals surface area contributed by atoms with Gasteiger partial charge in [0.15, 0.2) is 0 Å². The van der Waals surface area contributed by atoms with Crippen molar-refractivity contribution in [3.63, 3.8) is 0 Å². The molecule has 0 amide bonds. The Morgan fingerprint density at radius 2 is 2.25 bits per heavy atom. The lowest BCUT2D eigenvalue weighted by atomic mass is 9.97. The molecule has 0 aromatic carbocycles. The van der Waals surface area contributed by atoms with E-state index in [0.717, 1.165) is 12.8 Å². The smallest absolute Gasteiger partial charge is 0.0753 e. The molecule has 72 valence electrons. The minimum Gasteiger partial charge on any atom is -0.395 e. The number of aliphatic hydroxyl groups is 1. The molecule has 0 bridgehead atoms. The Hall–Kier alpha value is -0.160. The largest absolute Gasteiger partial charge is 0.395 e. The monoisotopic (exact) mass is 174 g/mol. The van der Waals surface area contributed by atoms with E-state index < -0.39 is 0 Å². The minimum absolute atomic E-state index is 0.0212. The molecule has 1 rings (SSSR count). The Kier molecular flexibility index (Phi) is 3.46. The highest BCUT2D eigenvalue weighted by molar-refractivity contribution is 4.83. The molecule has 5 N–H and O–H groups in total. The van der Waals surface area contributed by atoms with Crippen molar-refractivity contribution in [2.24, 2.45) is 11.5 Å². The molecule has 0 radical (unpaired) electrons. The van der Waals surface area contributed by atoms with E-state index in [4.69, 9.17) is 21.3 Å². The number of ether oxygens (including phenoxy) is 1. The molecule has 4 nitrogen and oxygen atoms in total. The van der Waals surface area contributed by atoms with Crippen LogP contribution in [-0.2, 0) is 4.74 Å². The van der Waals surface area contributed by atoms with Gasteiger partial charge in [-0.15, -0.1) is 0 Å². The summed E-state index contributed by atoms with van der Waals surface area (Å²) in [6.07, 6.45) is 1.82. The second kappa shape index (κ2) is 4.18. The van der Waals surface area contributed by atoms with Crippen LogP contribution in [0.2, 0.25) is 0 Å². The molecular formula is C8H18N2O2. The van der Waals surface area contributed by atoms with Gasteiger partial charge < -0.3 is 21.3 Å². The first kappa shape index (κ1) is 9.92. The molecule has 0 aromatic heterocycles. The predicted molar refractivity (Wildman–Crippen MR) is 46.6 cm³/mol. The third-order valence-electron chi connectivity index (χ3n) is 2.47. The number of hydrogen-bond donors (Lipinski definition) is 3. The van der Waals surface area contributed by atoms with Gasteiger partial charge in [-0.2, -0.15) is 0 Å². The summed E-state index contributed by atoms with van der Waals surface area (Å²) < 4.78 is 5.54. The number of hydrogen-bond acceptors (Lipinski definition) is 4. The molecule has 1 saturated heterocycles. The van der Waals surface area contributed by atoms with E-state index in [0.29, 0.717) is 0 Å². The first-order chi connectivity index (χ1) is 5.65. The number of aliphatic hydroxyl groups excluding tert-OH is 1. The average Bonchev–Trinajstić information content (AvgIpc) is 2.08. The Morgan fingerprint density at radius 3 is 2.75 bits per heavy atom. The summed E-state index contributed by atoms with van der Waals surface area (Å²) in [7, 11) is 0. The van der Waals surface area contributed by atoms with Gasteiger partial charge in [0.2, 0.25) is 0 Å². The Labute approximate surface area is 72.9 Å². The van der Waals surface area contributed by atoms with Crippen LogP contribution in [0.15, 0.2) is 0 Å². The maximum absolute atomic E-state index is 8.80. The molecule has 0 aromatic rings. The summed E-state index contributed by atoms with van der Waals surface area (Å²) in [5.74, 6) is 0. The summed E-state index contributed by atoms with van der Waals surface area (Å²) in [5.41, 5.74) is 11.4. The van der Waals surface area contributed by atoms with Gasteiger partial charge in [0.25, 0.3) is 0 Å². The van der Waals surface area contributed by atoms with E-state index in [-0.39, 0.29) is 30.9 Å². The second-order valence-corrected chi connectivity index (χ2v) is 3.47. The molecule has 1 fully saturated rings. The Morgan fingerprint density at radius 1 is 1.58 bits per heavy atom. The van der Waals surface area contributed by atoms with Crippen molar-refractivity contribution >= 4 is 0 Å². The Bertz CT molecular complexity index is 143. The zero-order valence-electron chi connectivity index (χ0n) is 7.44. The van der Waals surface area contributed by atoms with Crippen molar-refractivity contribution < 1.29 is 9.84 Å². The quantitative estimate of drug-likeness (QED) is 0.512. The number of nitrogens with two attached hydrogens (primary N) is 2. The fraction of sp³-hybridized carbons (Fsp3) is 1.00. The molecule has 0 saturated carbocycles. The van der Waals surface area contributed by atoms with Crippen LogP contribution in [0.1, 0.15) is 19.8 Å². The van der Waals surface area contributed by atoms with Gasteiger partial charge in [-0.05, 0) is 19.8 Å². The maximum atomic E-state index is 8.80. The van der Waals surface area contributed by atoms with Crippen LogP contribution in [0.4, 0.5) is 0 Å². The van der Waals surface area contributed by atoms with Crippen LogP contribution in [-0.4, -0.2) is 36.0 Å². The molecule has 1 heterocycles. The van der Waals surface area contributed by atoms with Crippen LogP contribution in [0.5, 0.6) is 0 Å². The third-order valence-corrected chi connectivity index (χ3v) is 2.47. The van der Waals surface area contributed by atoms with Crippen LogP contribution >= 0.6 is 0 Å². The van der Waals surface area contributed by atoms with E-state index in [9.17, 15) is 0 Å². The van der Waals surface area contributed by atoms with E-state index in [1.807, 2.05) is 6.92 Å². The maximum Gasteiger partial charge on any atom is 0.0753 e. The highest BCUT2D eigenvalue weighted by Crippen LogP contribution is 2.19. The van der Waals surface area contributed by atoms with Crippen LogP contribution in [0, 0.1) is 0 Å². The fourth-order valence-electron chi connectivity index (χ4n) is 1.47. The summed E-state index contributed by atoms with van der Waals surface area (Å²) >= 11 is 0. The average molecular weight is 174 g/mol. The van der Waals surface area contributed by atoms with Crippen molar-refractivity contribution in [3.8, 4) is 0 Å². The molecule has 0 unspecified atom stereocenters. The highest BCUT2D eigenvalue weighted by Gasteiger charge is 2.28. The van der Waals surface area contributed by atoms with Crippen molar-refractivity contribution in [2.75, 3.05) is 6.61 Å². The van der Waals surface area contributed by atoms with Gasteiger partial charge in [-0.25, -0.2) is 0 Å². The molecule has 0 spiro atoms. The molecule has 12 heavy (non-hydrogen) atoms. The molecule has 4 heteroatoms.